The van der Waals surface area contributed by atoms with Crippen LogP contribution >= 0.6 is 0 Å². The molecule has 17 unspecified atom stereocenters. The Bertz CT molecular complexity index is 1980. The molecule has 1 aromatic carbocycles. The molecule has 2 heterocycles. The number of carboxylic acid groups (broad SMARTS) is 1. The monoisotopic (exact) mass is 1080 g/mol. The zero-order chi connectivity index (χ0) is 57.1. The van der Waals surface area contributed by atoms with E-state index in [2.05, 4.69) is 16.0 Å². The van der Waals surface area contributed by atoms with Crippen LogP contribution in [0.5, 0.6) is 0 Å². The van der Waals surface area contributed by atoms with Gasteiger partial charge in [-0.3, -0.25) is 14.4 Å². The number of amides is 3. The first-order valence-electron chi connectivity index (χ1n) is 24.5. The maximum atomic E-state index is 14.4. The third-order valence-electron chi connectivity index (χ3n) is 11.5. The molecular weight excluding hydrogens is 999 g/mol. The fourth-order valence-corrected chi connectivity index (χ4v) is 8.41. The Morgan fingerprint density at radius 2 is 1.15 bits per heavy atom. The molecule has 12 N–H and O–H groups in total. The summed E-state index contributed by atoms with van der Waals surface area (Å²) >= 11 is 0. The molecule has 2 saturated heterocycles. The highest BCUT2D eigenvalue weighted by molar-refractivity contribution is 5.87. The first kappa shape index (κ1) is 65.2. The Morgan fingerprint density at radius 1 is 0.667 bits per heavy atom. The van der Waals surface area contributed by atoms with E-state index in [4.69, 9.17) is 42.6 Å². The summed E-state index contributed by atoms with van der Waals surface area (Å²) < 4.78 is 52.8. The lowest BCUT2D eigenvalue weighted by Crippen LogP contribution is -2.68. The Morgan fingerprint density at radius 3 is 1.59 bits per heavy atom. The molecule has 3 rings (SSSR count). The summed E-state index contributed by atoms with van der Waals surface area (Å²) in [4.78, 5) is 66.1. The van der Waals surface area contributed by atoms with Crippen LogP contribution in [0, 0.1) is 5.41 Å². The van der Waals surface area contributed by atoms with Crippen molar-refractivity contribution in [1.82, 2.24) is 16.0 Å². The highest BCUT2D eigenvalue weighted by Crippen LogP contribution is 2.36. The van der Waals surface area contributed by atoms with Gasteiger partial charge in [0.25, 0.3) is 5.91 Å². The lowest BCUT2D eigenvalue weighted by atomic mass is 9.78. The maximum absolute atomic E-state index is 14.4. The molecule has 3 amide bonds. The van der Waals surface area contributed by atoms with E-state index in [0.29, 0.717) is 5.56 Å². The van der Waals surface area contributed by atoms with Crippen molar-refractivity contribution in [3.05, 3.63) is 35.9 Å². The fraction of sp³-hybridized carbons (Fsp3) is 0.776. The van der Waals surface area contributed by atoms with Crippen LogP contribution in [0.2, 0.25) is 0 Å². The zero-order valence-corrected chi connectivity index (χ0v) is 44.7. The number of rotatable bonds is 25. The van der Waals surface area contributed by atoms with E-state index in [9.17, 15) is 69.9 Å². The molecule has 0 saturated carbocycles. The second kappa shape index (κ2) is 28.0. The summed E-state index contributed by atoms with van der Waals surface area (Å²) in [5.74, 6) is -5.11. The summed E-state index contributed by atoms with van der Waals surface area (Å²) in [6.07, 6.45) is -30.4. The lowest BCUT2D eigenvalue weighted by Gasteiger charge is -2.49. The standard InChI is InChI=1S/C49H81N3O23/c1-22(35(40(60)61)71-46(42(64)65)72-36-30(50-24(3)55)38(47(5,6)7)68-28(20-53)32(36)57)67-44-31(51-25(4)56)37(33(58)29(21-54)69-44)73-45(41(62)63)70-34(23(2)74-48(8,9)10)39(59)52-27(43(66)75-49(11,12)13)19-26-17-15-14-16-18-26/h14-18,22-23,27-38,41-42,44-46,53-54,57-58,62-65H,19-21H2,1-13H3,(H,50,55)(H,51,56)(H,52,59)(H,60,61). The molecule has 0 aromatic heterocycles. The van der Waals surface area contributed by atoms with E-state index in [-0.39, 0.29) is 6.42 Å². The van der Waals surface area contributed by atoms with Crippen molar-refractivity contribution in [3.8, 4) is 0 Å². The Hall–Kier alpha value is -4.07. The molecule has 0 spiro atoms. The number of aliphatic hydroxyl groups excluding tert-OH is 6. The van der Waals surface area contributed by atoms with Gasteiger partial charge in [-0.15, -0.1) is 0 Å². The maximum Gasteiger partial charge on any atom is 0.335 e. The quantitative estimate of drug-likeness (QED) is 0.0366. The van der Waals surface area contributed by atoms with Gasteiger partial charge in [-0.1, -0.05) is 51.1 Å². The normalized spacial score (nSPS) is 27.6. The fourth-order valence-electron chi connectivity index (χ4n) is 8.41. The summed E-state index contributed by atoms with van der Waals surface area (Å²) in [6, 6.07) is 4.31. The number of ether oxygens (including phenoxy) is 9. The number of benzene rings is 1. The van der Waals surface area contributed by atoms with Crippen LogP contribution in [-0.2, 0) is 73.0 Å². The minimum atomic E-state index is -2.65. The van der Waals surface area contributed by atoms with E-state index >= 15 is 0 Å². The van der Waals surface area contributed by atoms with Gasteiger partial charge >= 0.3 is 11.9 Å². The van der Waals surface area contributed by atoms with Crippen molar-refractivity contribution >= 4 is 29.7 Å². The lowest BCUT2D eigenvalue weighted by molar-refractivity contribution is -0.347. The number of hydrogen-bond acceptors (Lipinski definition) is 22. The van der Waals surface area contributed by atoms with Gasteiger partial charge in [-0.2, -0.15) is 0 Å². The predicted molar refractivity (Wildman–Crippen MR) is 258 cm³/mol. The number of hydrogen-bond donors (Lipinski definition) is 12. The SMILES string of the molecule is CC(=O)NC1C(OC(C)C(OC(OC2C(O)C(CO)OC(C(C)(C)C)C2NC(C)=O)C(O)O)C(=O)O)OC(CO)C(O)C1OC(OC(C(=O)NC(Cc1ccccc1)C(=O)OC(C)(C)C)C(C)OC(C)(C)C)C(O)O. The third-order valence-corrected chi connectivity index (χ3v) is 11.5. The minimum absolute atomic E-state index is 0.0522. The molecule has 75 heavy (non-hydrogen) atoms. The summed E-state index contributed by atoms with van der Waals surface area (Å²) in [6.45, 7) is 18.0. The number of carbonyl (C=O) groups excluding carboxylic acids is 4. The van der Waals surface area contributed by atoms with E-state index in [1.165, 1.54) is 6.92 Å². The molecule has 17 atom stereocenters. The van der Waals surface area contributed by atoms with Crippen LogP contribution in [0.3, 0.4) is 0 Å². The number of aliphatic hydroxyl groups is 8. The Labute approximate surface area is 436 Å². The second-order valence-corrected chi connectivity index (χ2v) is 21.6. The topological polar surface area (TPSA) is 387 Å². The van der Waals surface area contributed by atoms with E-state index in [0.717, 1.165) is 20.8 Å². The smallest absolute Gasteiger partial charge is 0.335 e. The van der Waals surface area contributed by atoms with E-state index < -0.39 is 176 Å². The van der Waals surface area contributed by atoms with Crippen molar-refractivity contribution in [2.75, 3.05) is 13.2 Å². The van der Waals surface area contributed by atoms with Crippen LogP contribution in [0.25, 0.3) is 0 Å². The van der Waals surface area contributed by atoms with Gasteiger partial charge in [-0.05, 0) is 66.4 Å². The first-order valence-corrected chi connectivity index (χ1v) is 24.5. The van der Waals surface area contributed by atoms with Crippen molar-refractivity contribution in [1.29, 1.82) is 0 Å². The van der Waals surface area contributed by atoms with Crippen LogP contribution in [0.1, 0.15) is 95.6 Å². The third kappa shape index (κ3) is 19.7. The molecular formula is C49H81N3O23. The van der Waals surface area contributed by atoms with Crippen molar-refractivity contribution in [2.24, 2.45) is 5.41 Å². The number of nitrogens with one attached hydrogen (secondary N) is 3. The Balaban J connectivity index is 2.04. The van der Waals surface area contributed by atoms with Crippen LogP contribution in [0.4, 0.5) is 0 Å². The van der Waals surface area contributed by atoms with Gasteiger partial charge in [0.2, 0.25) is 37.0 Å². The number of carboxylic acids is 1. The predicted octanol–water partition coefficient (Wildman–Crippen LogP) is -2.18. The van der Waals surface area contributed by atoms with Gasteiger partial charge < -0.3 is 105 Å². The molecule has 0 aliphatic carbocycles. The molecule has 26 heteroatoms. The van der Waals surface area contributed by atoms with Crippen LogP contribution < -0.4 is 16.0 Å². The van der Waals surface area contributed by atoms with Gasteiger partial charge in [0.05, 0.1) is 43.2 Å². The molecule has 2 fully saturated rings. The largest absolute Gasteiger partial charge is 0.479 e. The Kier molecular flexibility index (Phi) is 24.3. The van der Waals surface area contributed by atoms with E-state index in [1.54, 1.807) is 92.6 Å². The number of esters is 1. The van der Waals surface area contributed by atoms with Crippen LogP contribution in [0.15, 0.2) is 30.3 Å². The van der Waals surface area contributed by atoms with Gasteiger partial charge in [0.1, 0.15) is 54.3 Å². The number of carbonyl (C=O) groups is 5. The molecule has 2 aliphatic rings. The van der Waals surface area contributed by atoms with Crippen LogP contribution in [-0.4, -0.2) is 217 Å². The molecule has 430 valence electrons. The molecule has 0 bridgehead atoms. The van der Waals surface area contributed by atoms with Crippen molar-refractivity contribution < 1.29 is 113 Å². The van der Waals surface area contributed by atoms with Gasteiger partial charge in [0, 0.05) is 20.3 Å². The molecule has 26 nitrogen and oxygen atoms in total. The van der Waals surface area contributed by atoms with Crippen molar-refractivity contribution in [2.45, 2.75) is 224 Å². The highest BCUT2D eigenvalue weighted by atomic mass is 16.8. The molecule has 0 radical (unpaired) electrons. The average molecular weight is 1080 g/mol. The van der Waals surface area contributed by atoms with Gasteiger partial charge in [0.15, 0.2) is 18.5 Å². The zero-order valence-electron chi connectivity index (χ0n) is 44.7. The van der Waals surface area contributed by atoms with E-state index in [1.807, 2.05) is 0 Å². The number of aliphatic carboxylic acids is 1. The molecule has 2 aliphatic heterocycles. The highest BCUT2D eigenvalue weighted by Gasteiger charge is 2.53. The molecule has 1 aromatic rings. The summed E-state index contributed by atoms with van der Waals surface area (Å²) in [7, 11) is 0. The average Bonchev–Trinajstić information content (AvgIpc) is 3.26. The van der Waals surface area contributed by atoms with Crippen molar-refractivity contribution in [3.63, 3.8) is 0 Å². The van der Waals surface area contributed by atoms with Gasteiger partial charge in [-0.25, -0.2) is 9.59 Å². The minimum Gasteiger partial charge on any atom is -0.479 e. The summed E-state index contributed by atoms with van der Waals surface area (Å²) in [5, 5.41) is 104. The summed E-state index contributed by atoms with van der Waals surface area (Å²) in [5.41, 5.74) is -2.10. The first-order chi connectivity index (χ1) is 34.6. The second-order valence-electron chi connectivity index (χ2n) is 21.6.